The Kier molecular flexibility index (Phi) is 10.3. The Morgan fingerprint density at radius 3 is 2.00 bits per heavy atom. The van der Waals surface area contributed by atoms with E-state index in [1.54, 1.807) is 0 Å². The largest absolute Gasteiger partial charge is 0.462 e. The number of esters is 1. The standard InChI is InChI=1S/C32H38O3/c1-4-6-7-9-25-13-17-29(18-14-25)31-20-19-30(22-27(31)5-2)28-15-11-26(12-16-28)10-8-21-35-32(34)24(3)23-33/h11-20,22,33H,3-10,21,23H2,1-2H3. The SMILES string of the molecule is C=C(CO)C(=O)OCCCc1ccc(-c2ccc(-c3ccc(CCCCC)cc3)c(CC)c2)cc1. The van der Waals surface area contributed by atoms with Crippen molar-refractivity contribution in [2.45, 2.75) is 58.8 Å². The molecule has 0 aliphatic rings. The second-order valence-corrected chi connectivity index (χ2v) is 9.08. The summed E-state index contributed by atoms with van der Waals surface area (Å²) in [6, 6.07) is 24.5. The number of hydrogen-bond donors (Lipinski definition) is 1. The molecule has 0 aromatic heterocycles. The molecule has 0 saturated carbocycles. The maximum absolute atomic E-state index is 11.5. The lowest BCUT2D eigenvalue weighted by atomic mass is 9.92. The molecule has 3 aromatic carbocycles. The summed E-state index contributed by atoms with van der Waals surface area (Å²) in [5, 5.41) is 8.91. The molecule has 0 fully saturated rings. The highest BCUT2D eigenvalue weighted by Crippen LogP contribution is 2.30. The minimum atomic E-state index is -0.527. The van der Waals surface area contributed by atoms with E-state index < -0.39 is 5.97 Å². The number of carbonyl (C=O) groups is 1. The topological polar surface area (TPSA) is 46.5 Å². The van der Waals surface area contributed by atoms with Gasteiger partial charge in [-0.2, -0.15) is 0 Å². The molecule has 35 heavy (non-hydrogen) atoms. The number of aryl methyl sites for hydroxylation is 3. The first kappa shape index (κ1) is 26.4. The molecular weight excluding hydrogens is 432 g/mol. The Labute approximate surface area is 210 Å². The van der Waals surface area contributed by atoms with Crippen molar-refractivity contribution < 1.29 is 14.6 Å². The predicted octanol–water partition coefficient (Wildman–Crippen LogP) is 7.34. The van der Waals surface area contributed by atoms with Crippen LogP contribution in [0.2, 0.25) is 0 Å². The molecule has 3 nitrogen and oxygen atoms in total. The van der Waals surface area contributed by atoms with Gasteiger partial charge in [-0.25, -0.2) is 4.79 Å². The lowest BCUT2D eigenvalue weighted by molar-refractivity contribution is -0.139. The van der Waals surface area contributed by atoms with Crippen LogP contribution in [0, 0.1) is 0 Å². The van der Waals surface area contributed by atoms with Crippen LogP contribution in [0.1, 0.15) is 56.2 Å². The van der Waals surface area contributed by atoms with Crippen LogP contribution < -0.4 is 0 Å². The fraction of sp³-hybridized carbons (Fsp3) is 0.344. The van der Waals surface area contributed by atoms with Crippen LogP contribution in [0.4, 0.5) is 0 Å². The third-order valence-corrected chi connectivity index (χ3v) is 6.43. The molecule has 0 bridgehead atoms. The van der Waals surface area contributed by atoms with Gasteiger partial charge in [0.15, 0.2) is 0 Å². The third-order valence-electron chi connectivity index (χ3n) is 6.43. The Bertz CT molecular complexity index is 1090. The molecule has 0 radical (unpaired) electrons. The molecule has 0 amide bonds. The van der Waals surface area contributed by atoms with Crippen LogP contribution in [0.25, 0.3) is 22.3 Å². The Morgan fingerprint density at radius 2 is 1.40 bits per heavy atom. The van der Waals surface area contributed by atoms with Crippen molar-refractivity contribution in [1.29, 1.82) is 0 Å². The number of benzene rings is 3. The molecule has 3 heteroatoms. The second-order valence-electron chi connectivity index (χ2n) is 9.08. The van der Waals surface area contributed by atoms with E-state index in [1.807, 2.05) is 0 Å². The van der Waals surface area contributed by atoms with E-state index >= 15 is 0 Å². The minimum Gasteiger partial charge on any atom is -0.462 e. The van der Waals surface area contributed by atoms with Crippen molar-refractivity contribution in [2.24, 2.45) is 0 Å². The van der Waals surface area contributed by atoms with Crippen molar-refractivity contribution in [2.75, 3.05) is 13.2 Å². The van der Waals surface area contributed by atoms with Crippen LogP contribution in [0.5, 0.6) is 0 Å². The van der Waals surface area contributed by atoms with Crippen LogP contribution >= 0.6 is 0 Å². The molecule has 0 spiro atoms. The van der Waals surface area contributed by atoms with Gasteiger partial charge in [-0.1, -0.05) is 100.0 Å². The van der Waals surface area contributed by atoms with E-state index in [4.69, 9.17) is 9.84 Å². The second kappa shape index (κ2) is 13.7. The first-order valence-electron chi connectivity index (χ1n) is 12.8. The quantitative estimate of drug-likeness (QED) is 0.161. The van der Waals surface area contributed by atoms with Crippen molar-refractivity contribution in [3.8, 4) is 22.3 Å². The van der Waals surface area contributed by atoms with E-state index in [0.717, 1.165) is 25.7 Å². The summed E-state index contributed by atoms with van der Waals surface area (Å²) in [6.07, 6.45) is 7.52. The highest BCUT2D eigenvalue weighted by atomic mass is 16.5. The molecule has 0 aliphatic carbocycles. The first-order chi connectivity index (χ1) is 17.0. The molecule has 184 valence electrons. The summed E-state index contributed by atoms with van der Waals surface area (Å²) in [5.41, 5.74) is 9.10. The number of rotatable bonds is 13. The van der Waals surface area contributed by atoms with Gasteiger partial charge >= 0.3 is 5.97 Å². The van der Waals surface area contributed by atoms with Gasteiger partial charge in [-0.15, -0.1) is 0 Å². The molecule has 3 rings (SSSR count). The van der Waals surface area contributed by atoms with Gasteiger partial charge in [-0.05, 0) is 71.0 Å². The third kappa shape index (κ3) is 7.66. The minimum absolute atomic E-state index is 0.0891. The van der Waals surface area contributed by atoms with Crippen LogP contribution in [-0.4, -0.2) is 24.3 Å². The maximum Gasteiger partial charge on any atom is 0.335 e. The van der Waals surface area contributed by atoms with Gasteiger partial charge in [0.1, 0.15) is 0 Å². The fourth-order valence-electron chi connectivity index (χ4n) is 4.25. The highest BCUT2D eigenvalue weighted by molar-refractivity contribution is 5.87. The van der Waals surface area contributed by atoms with E-state index in [1.165, 1.54) is 58.2 Å². The number of carbonyl (C=O) groups excluding carboxylic acids is 1. The van der Waals surface area contributed by atoms with Crippen molar-refractivity contribution >= 4 is 5.97 Å². The Balaban J connectivity index is 1.62. The monoisotopic (exact) mass is 470 g/mol. The van der Waals surface area contributed by atoms with Gasteiger partial charge in [0.2, 0.25) is 0 Å². The van der Waals surface area contributed by atoms with Crippen molar-refractivity contribution in [3.63, 3.8) is 0 Å². The zero-order chi connectivity index (χ0) is 25.0. The molecule has 0 saturated heterocycles. The van der Waals surface area contributed by atoms with E-state index in [2.05, 4.69) is 87.2 Å². The summed E-state index contributed by atoms with van der Waals surface area (Å²) >= 11 is 0. The average molecular weight is 471 g/mol. The number of aliphatic hydroxyl groups is 1. The summed E-state index contributed by atoms with van der Waals surface area (Å²) < 4.78 is 5.11. The molecule has 0 unspecified atom stereocenters. The number of aliphatic hydroxyl groups excluding tert-OH is 1. The van der Waals surface area contributed by atoms with E-state index in [0.29, 0.717) is 6.61 Å². The number of ether oxygens (including phenoxy) is 1. The summed E-state index contributed by atoms with van der Waals surface area (Å²) in [6.45, 7) is 7.89. The number of hydrogen-bond acceptors (Lipinski definition) is 3. The highest BCUT2D eigenvalue weighted by Gasteiger charge is 2.09. The van der Waals surface area contributed by atoms with Crippen LogP contribution in [0.3, 0.4) is 0 Å². The normalized spacial score (nSPS) is 10.8. The lowest BCUT2D eigenvalue weighted by Crippen LogP contribution is -2.11. The molecule has 0 atom stereocenters. The summed E-state index contributed by atoms with van der Waals surface area (Å²) in [4.78, 5) is 11.5. The van der Waals surface area contributed by atoms with E-state index in [9.17, 15) is 4.79 Å². The average Bonchev–Trinajstić information content (AvgIpc) is 2.91. The lowest BCUT2D eigenvalue weighted by Gasteiger charge is -2.12. The smallest absolute Gasteiger partial charge is 0.335 e. The molecule has 0 heterocycles. The van der Waals surface area contributed by atoms with Crippen molar-refractivity contribution in [3.05, 3.63) is 95.6 Å². The Hall–Kier alpha value is -3.17. The van der Waals surface area contributed by atoms with Gasteiger partial charge in [-0.3, -0.25) is 0 Å². The molecule has 0 aliphatic heterocycles. The van der Waals surface area contributed by atoms with Gasteiger partial charge < -0.3 is 9.84 Å². The van der Waals surface area contributed by atoms with Crippen LogP contribution in [0.15, 0.2) is 78.9 Å². The van der Waals surface area contributed by atoms with Gasteiger partial charge in [0.05, 0.1) is 18.8 Å². The molecule has 3 aromatic rings. The van der Waals surface area contributed by atoms with Crippen molar-refractivity contribution in [1.82, 2.24) is 0 Å². The molecule has 1 N–H and O–H groups in total. The summed E-state index contributed by atoms with van der Waals surface area (Å²) in [7, 11) is 0. The zero-order valence-electron chi connectivity index (χ0n) is 21.2. The van der Waals surface area contributed by atoms with Crippen LogP contribution in [-0.2, 0) is 28.8 Å². The van der Waals surface area contributed by atoms with Gasteiger partial charge in [0, 0.05) is 0 Å². The molecular formula is C32H38O3. The predicted molar refractivity (Wildman–Crippen MR) is 145 cm³/mol. The van der Waals surface area contributed by atoms with Gasteiger partial charge in [0.25, 0.3) is 0 Å². The van der Waals surface area contributed by atoms with E-state index in [-0.39, 0.29) is 12.2 Å². The fourth-order valence-corrected chi connectivity index (χ4v) is 4.25. The summed E-state index contributed by atoms with van der Waals surface area (Å²) in [5.74, 6) is -0.527. The number of unbranched alkanes of at least 4 members (excludes halogenated alkanes) is 2. The Morgan fingerprint density at radius 1 is 0.800 bits per heavy atom. The first-order valence-corrected chi connectivity index (χ1v) is 12.8. The zero-order valence-corrected chi connectivity index (χ0v) is 21.2. The maximum atomic E-state index is 11.5.